The molecule has 0 saturated carbocycles. The number of nitrogens with zero attached hydrogens (tertiary/aromatic N) is 1. The summed E-state index contributed by atoms with van der Waals surface area (Å²) in [6.45, 7) is 0.800. The van der Waals surface area contributed by atoms with E-state index in [1.165, 1.54) is 0 Å². The van der Waals surface area contributed by atoms with E-state index in [0.717, 1.165) is 22.3 Å². The predicted octanol–water partition coefficient (Wildman–Crippen LogP) is 3.36. The van der Waals surface area contributed by atoms with Gasteiger partial charge in [-0.25, -0.2) is 4.98 Å². The van der Waals surface area contributed by atoms with E-state index >= 15 is 0 Å². The second-order valence-corrected chi connectivity index (χ2v) is 4.42. The van der Waals surface area contributed by atoms with E-state index in [9.17, 15) is 0 Å². The van der Waals surface area contributed by atoms with Crippen LogP contribution in [-0.2, 0) is 6.54 Å². The van der Waals surface area contributed by atoms with Crippen LogP contribution in [0.4, 0.5) is 0 Å². The summed E-state index contributed by atoms with van der Waals surface area (Å²) in [5, 5.41) is 3.09. The van der Waals surface area contributed by atoms with Crippen molar-refractivity contribution in [3.63, 3.8) is 0 Å². The van der Waals surface area contributed by atoms with Crippen LogP contribution < -0.4 is 10.1 Å². The average molecular weight is 293 g/mol. The standard InChI is InChI=1S/C13H13BrN2O/c1-15-9-10-6-7-16-13(8-10)17-12-5-3-2-4-11(12)14/h2-8,15H,9H2,1H3. The zero-order valence-corrected chi connectivity index (χ0v) is 11.1. The van der Waals surface area contributed by atoms with E-state index in [1.54, 1.807) is 6.20 Å². The Balaban J connectivity index is 2.18. The number of aromatic nitrogens is 1. The van der Waals surface area contributed by atoms with Crippen molar-refractivity contribution >= 4 is 15.9 Å². The van der Waals surface area contributed by atoms with Crippen LogP contribution in [0.25, 0.3) is 0 Å². The number of benzene rings is 1. The molecule has 2 rings (SSSR count). The Labute approximate surface area is 109 Å². The third-order valence-electron chi connectivity index (χ3n) is 2.23. The van der Waals surface area contributed by atoms with Gasteiger partial charge in [0.1, 0.15) is 5.75 Å². The number of nitrogens with one attached hydrogen (secondary N) is 1. The summed E-state index contributed by atoms with van der Waals surface area (Å²) in [7, 11) is 1.91. The van der Waals surface area contributed by atoms with Gasteiger partial charge in [0.05, 0.1) is 4.47 Å². The molecule has 1 heterocycles. The molecule has 0 aliphatic rings. The van der Waals surface area contributed by atoms with Gasteiger partial charge >= 0.3 is 0 Å². The van der Waals surface area contributed by atoms with Crippen molar-refractivity contribution in [1.82, 2.24) is 10.3 Å². The van der Waals surface area contributed by atoms with Gasteiger partial charge in [0.25, 0.3) is 0 Å². The molecule has 1 aromatic heterocycles. The maximum atomic E-state index is 5.71. The van der Waals surface area contributed by atoms with Crippen molar-refractivity contribution in [2.24, 2.45) is 0 Å². The third kappa shape index (κ3) is 3.28. The van der Waals surface area contributed by atoms with Crippen molar-refractivity contribution < 1.29 is 4.74 Å². The van der Waals surface area contributed by atoms with Gasteiger partial charge < -0.3 is 10.1 Å². The Hall–Kier alpha value is -1.39. The lowest BCUT2D eigenvalue weighted by molar-refractivity contribution is 0.459. The first-order chi connectivity index (χ1) is 8.29. The van der Waals surface area contributed by atoms with Gasteiger partial charge in [-0.2, -0.15) is 0 Å². The number of para-hydroxylation sites is 1. The molecule has 0 atom stereocenters. The molecular weight excluding hydrogens is 280 g/mol. The predicted molar refractivity (Wildman–Crippen MR) is 71.2 cm³/mol. The number of pyridine rings is 1. The Kier molecular flexibility index (Phi) is 4.12. The highest BCUT2D eigenvalue weighted by Gasteiger charge is 2.03. The van der Waals surface area contributed by atoms with Crippen LogP contribution in [0.5, 0.6) is 11.6 Å². The molecule has 4 heteroatoms. The first kappa shape index (κ1) is 12.1. The zero-order chi connectivity index (χ0) is 12.1. The summed E-state index contributed by atoms with van der Waals surface area (Å²) in [5.74, 6) is 1.37. The van der Waals surface area contributed by atoms with E-state index in [1.807, 2.05) is 43.4 Å². The highest BCUT2D eigenvalue weighted by atomic mass is 79.9. The SMILES string of the molecule is CNCc1ccnc(Oc2ccccc2Br)c1. The summed E-state index contributed by atoms with van der Waals surface area (Å²) in [4.78, 5) is 4.19. The first-order valence-corrected chi connectivity index (χ1v) is 6.11. The lowest BCUT2D eigenvalue weighted by Gasteiger charge is -2.07. The number of hydrogen-bond donors (Lipinski definition) is 1. The van der Waals surface area contributed by atoms with Gasteiger partial charge in [-0.05, 0) is 46.7 Å². The van der Waals surface area contributed by atoms with Crippen LogP contribution in [0, 0.1) is 0 Å². The molecule has 0 bridgehead atoms. The van der Waals surface area contributed by atoms with Gasteiger partial charge in [0.2, 0.25) is 5.88 Å². The normalized spacial score (nSPS) is 10.2. The molecule has 0 amide bonds. The molecule has 88 valence electrons. The molecule has 0 unspecified atom stereocenters. The molecule has 3 nitrogen and oxygen atoms in total. The topological polar surface area (TPSA) is 34.2 Å². The quantitative estimate of drug-likeness (QED) is 0.938. The van der Waals surface area contributed by atoms with Gasteiger partial charge in [-0.3, -0.25) is 0 Å². The largest absolute Gasteiger partial charge is 0.438 e. The molecule has 0 radical (unpaired) electrons. The Morgan fingerprint density at radius 1 is 1.29 bits per heavy atom. The highest BCUT2D eigenvalue weighted by Crippen LogP contribution is 2.28. The van der Waals surface area contributed by atoms with Gasteiger partial charge in [0, 0.05) is 18.8 Å². The maximum Gasteiger partial charge on any atom is 0.219 e. The van der Waals surface area contributed by atoms with Crippen LogP contribution in [-0.4, -0.2) is 12.0 Å². The first-order valence-electron chi connectivity index (χ1n) is 5.31. The molecular formula is C13H13BrN2O. The van der Waals surface area contributed by atoms with Crippen molar-refractivity contribution in [3.05, 3.63) is 52.6 Å². The number of ether oxygens (including phenoxy) is 1. The summed E-state index contributed by atoms with van der Waals surface area (Å²) in [6, 6.07) is 11.6. The number of hydrogen-bond acceptors (Lipinski definition) is 3. The second-order valence-electron chi connectivity index (χ2n) is 3.57. The number of halogens is 1. The lowest BCUT2D eigenvalue weighted by atomic mass is 10.2. The van der Waals surface area contributed by atoms with Gasteiger partial charge in [0.15, 0.2) is 0 Å². The number of rotatable bonds is 4. The minimum atomic E-state index is 0.602. The van der Waals surface area contributed by atoms with Crippen LogP contribution in [0.1, 0.15) is 5.56 Å². The molecule has 0 spiro atoms. The molecule has 17 heavy (non-hydrogen) atoms. The second kappa shape index (κ2) is 5.80. The minimum Gasteiger partial charge on any atom is -0.438 e. The fourth-order valence-corrected chi connectivity index (χ4v) is 1.83. The molecule has 0 aliphatic heterocycles. The molecule has 0 fully saturated rings. The Morgan fingerprint density at radius 2 is 2.12 bits per heavy atom. The van der Waals surface area contributed by atoms with Gasteiger partial charge in [-0.15, -0.1) is 0 Å². The van der Waals surface area contributed by atoms with Crippen molar-refractivity contribution in [1.29, 1.82) is 0 Å². The zero-order valence-electron chi connectivity index (χ0n) is 9.48. The molecule has 2 aromatic rings. The summed E-state index contributed by atoms with van der Waals surface area (Å²) in [5.41, 5.74) is 1.14. The molecule has 0 saturated heterocycles. The van der Waals surface area contributed by atoms with Crippen molar-refractivity contribution in [2.75, 3.05) is 7.05 Å². The van der Waals surface area contributed by atoms with Crippen LogP contribution in [0.3, 0.4) is 0 Å². The molecule has 1 N–H and O–H groups in total. The van der Waals surface area contributed by atoms with E-state index < -0.39 is 0 Å². The summed E-state index contributed by atoms with van der Waals surface area (Å²) >= 11 is 3.44. The van der Waals surface area contributed by atoms with E-state index in [-0.39, 0.29) is 0 Å². The van der Waals surface area contributed by atoms with E-state index in [2.05, 4.69) is 26.2 Å². The van der Waals surface area contributed by atoms with Crippen LogP contribution in [0.15, 0.2) is 47.1 Å². The molecule has 0 aliphatic carbocycles. The van der Waals surface area contributed by atoms with Crippen molar-refractivity contribution in [3.8, 4) is 11.6 Å². The lowest BCUT2D eigenvalue weighted by Crippen LogP contribution is -2.05. The van der Waals surface area contributed by atoms with E-state index in [4.69, 9.17) is 4.74 Å². The van der Waals surface area contributed by atoms with Crippen LogP contribution in [0.2, 0.25) is 0 Å². The fraction of sp³-hybridized carbons (Fsp3) is 0.154. The maximum absolute atomic E-state index is 5.71. The summed E-state index contributed by atoms with van der Waals surface area (Å²) in [6.07, 6.45) is 1.75. The third-order valence-corrected chi connectivity index (χ3v) is 2.89. The Morgan fingerprint density at radius 3 is 2.88 bits per heavy atom. The molecule has 1 aromatic carbocycles. The Bertz CT molecular complexity index is 502. The smallest absolute Gasteiger partial charge is 0.219 e. The average Bonchev–Trinajstić information content (AvgIpc) is 2.33. The summed E-state index contributed by atoms with van der Waals surface area (Å²) < 4.78 is 6.63. The minimum absolute atomic E-state index is 0.602. The highest BCUT2D eigenvalue weighted by molar-refractivity contribution is 9.10. The van der Waals surface area contributed by atoms with Gasteiger partial charge in [-0.1, -0.05) is 12.1 Å². The van der Waals surface area contributed by atoms with Crippen LogP contribution >= 0.6 is 15.9 Å². The fourth-order valence-electron chi connectivity index (χ4n) is 1.46. The van der Waals surface area contributed by atoms with E-state index in [0.29, 0.717) is 5.88 Å². The monoisotopic (exact) mass is 292 g/mol. The van der Waals surface area contributed by atoms with Crippen molar-refractivity contribution in [2.45, 2.75) is 6.54 Å².